The predicted octanol–water partition coefficient (Wildman–Crippen LogP) is 14.3. The first-order valence-electron chi connectivity index (χ1n) is 19.8. The highest BCUT2D eigenvalue weighted by atomic mass is 16.5. The molecule has 0 N–H and O–H groups in total. The Morgan fingerprint density at radius 3 is 1.07 bits per heavy atom. The van der Waals surface area contributed by atoms with Crippen LogP contribution in [0.1, 0.15) is 213 Å². The summed E-state index contributed by atoms with van der Waals surface area (Å²) in [6.07, 6.45) is 50.4. The Morgan fingerprint density at radius 2 is 0.698 bits per heavy atom. The molecule has 0 saturated carbocycles. The van der Waals surface area contributed by atoms with Crippen molar-refractivity contribution < 1.29 is 9.47 Å². The average molecular weight is 605 g/mol. The van der Waals surface area contributed by atoms with E-state index < -0.39 is 0 Å². The minimum atomic E-state index is 0.281. The van der Waals surface area contributed by atoms with Gasteiger partial charge in [0.1, 0.15) is 0 Å². The lowest BCUT2D eigenvalue weighted by Gasteiger charge is -2.16. The van der Waals surface area contributed by atoms with Crippen molar-refractivity contribution in [2.24, 2.45) is 0 Å². The van der Waals surface area contributed by atoms with E-state index in [-0.39, 0.29) is 6.10 Å². The molecule has 0 amide bonds. The number of rotatable bonds is 37. The highest BCUT2D eigenvalue weighted by molar-refractivity contribution is 4.82. The van der Waals surface area contributed by atoms with Gasteiger partial charge in [-0.25, -0.2) is 0 Å². The van der Waals surface area contributed by atoms with Crippen LogP contribution in [0.2, 0.25) is 0 Å². The van der Waals surface area contributed by atoms with E-state index in [9.17, 15) is 0 Å². The SMILES string of the molecule is CCCCCCCC/C=C\CCCCCCCCCOCC(CC)OCCCCCCCC/C=C\CCCCCCCC. The van der Waals surface area contributed by atoms with E-state index in [0.29, 0.717) is 0 Å². The van der Waals surface area contributed by atoms with Gasteiger partial charge in [-0.3, -0.25) is 0 Å². The maximum Gasteiger partial charge on any atom is 0.0805 e. The van der Waals surface area contributed by atoms with E-state index in [1.807, 2.05) is 0 Å². The van der Waals surface area contributed by atoms with Gasteiger partial charge in [0, 0.05) is 13.2 Å². The van der Waals surface area contributed by atoms with E-state index >= 15 is 0 Å². The van der Waals surface area contributed by atoms with Crippen LogP contribution in [-0.2, 0) is 9.47 Å². The Kier molecular flexibility index (Phi) is 38.9. The Hall–Kier alpha value is -0.600. The molecule has 0 heterocycles. The zero-order valence-electron chi connectivity index (χ0n) is 30.0. The summed E-state index contributed by atoms with van der Waals surface area (Å²) in [7, 11) is 0. The summed E-state index contributed by atoms with van der Waals surface area (Å²) in [6.45, 7) is 9.38. The highest BCUT2D eigenvalue weighted by Crippen LogP contribution is 2.13. The van der Waals surface area contributed by atoms with Crippen molar-refractivity contribution in [2.75, 3.05) is 19.8 Å². The molecule has 0 aromatic rings. The fraction of sp³-hybridized carbons (Fsp3) is 0.902. The fourth-order valence-corrected chi connectivity index (χ4v) is 5.73. The molecule has 0 aromatic carbocycles. The lowest BCUT2D eigenvalue weighted by Crippen LogP contribution is -2.20. The molecule has 2 heteroatoms. The van der Waals surface area contributed by atoms with Crippen molar-refractivity contribution in [3.8, 4) is 0 Å². The van der Waals surface area contributed by atoms with Gasteiger partial charge in [0.15, 0.2) is 0 Å². The standard InChI is InChI=1S/C41H80O2/c1-4-7-9-11-13-15-17-19-21-23-24-26-28-30-32-34-36-38-42-40-41(6-3)43-39-37-35-33-31-29-27-25-22-20-18-16-14-12-10-8-5-2/h19-22,41H,4-18,23-40H2,1-3H3/b21-19-,22-20-. The van der Waals surface area contributed by atoms with Gasteiger partial charge in [-0.05, 0) is 70.6 Å². The second-order valence-electron chi connectivity index (χ2n) is 13.2. The lowest BCUT2D eigenvalue weighted by atomic mass is 10.1. The first-order chi connectivity index (χ1) is 21.3. The molecule has 0 saturated heterocycles. The van der Waals surface area contributed by atoms with Crippen LogP contribution in [0.15, 0.2) is 24.3 Å². The van der Waals surface area contributed by atoms with Gasteiger partial charge in [-0.15, -0.1) is 0 Å². The summed E-state index contributed by atoms with van der Waals surface area (Å²) in [5.74, 6) is 0. The second-order valence-corrected chi connectivity index (χ2v) is 13.2. The van der Waals surface area contributed by atoms with Gasteiger partial charge in [-0.2, -0.15) is 0 Å². The molecule has 0 rings (SSSR count). The van der Waals surface area contributed by atoms with Crippen LogP contribution in [0.25, 0.3) is 0 Å². The molecular weight excluding hydrogens is 524 g/mol. The van der Waals surface area contributed by atoms with Crippen LogP contribution in [0.4, 0.5) is 0 Å². The minimum absolute atomic E-state index is 0.281. The number of unbranched alkanes of at least 4 members (excludes halogenated alkanes) is 25. The molecule has 2 nitrogen and oxygen atoms in total. The highest BCUT2D eigenvalue weighted by Gasteiger charge is 2.06. The molecule has 1 atom stereocenters. The molecule has 0 aromatic heterocycles. The maximum atomic E-state index is 6.11. The molecule has 0 radical (unpaired) electrons. The molecular formula is C41H80O2. The monoisotopic (exact) mass is 605 g/mol. The fourth-order valence-electron chi connectivity index (χ4n) is 5.73. The first-order valence-corrected chi connectivity index (χ1v) is 19.8. The van der Waals surface area contributed by atoms with Gasteiger partial charge in [-0.1, -0.05) is 167 Å². The normalized spacial score (nSPS) is 12.7. The summed E-state index contributed by atoms with van der Waals surface area (Å²) in [5.41, 5.74) is 0. The molecule has 256 valence electrons. The number of ether oxygens (including phenoxy) is 2. The molecule has 43 heavy (non-hydrogen) atoms. The van der Waals surface area contributed by atoms with Crippen molar-refractivity contribution in [1.82, 2.24) is 0 Å². The summed E-state index contributed by atoms with van der Waals surface area (Å²) in [6, 6.07) is 0. The van der Waals surface area contributed by atoms with Gasteiger partial charge < -0.3 is 9.47 Å². The van der Waals surface area contributed by atoms with E-state index in [1.165, 1.54) is 186 Å². The van der Waals surface area contributed by atoms with Crippen molar-refractivity contribution >= 4 is 0 Å². The van der Waals surface area contributed by atoms with E-state index in [4.69, 9.17) is 9.47 Å². The minimum Gasteiger partial charge on any atom is -0.379 e. The van der Waals surface area contributed by atoms with Crippen LogP contribution in [-0.4, -0.2) is 25.9 Å². The Labute approximate surface area is 272 Å². The third-order valence-electron chi connectivity index (χ3n) is 8.82. The third kappa shape index (κ3) is 37.5. The summed E-state index contributed by atoms with van der Waals surface area (Å²) >= 11 is 0. The number of hydrogen-bond donors (Lipinski definition) is 0. The van der Waals surface area contributed by atoms with Crippen molar-refractivity contribution in [1.29, 1.82) is 0 Å². The van der Waals surface area contributed by atoms with Crippen LogP contribution < -0.4 is 0 Å². The largest absolute Gasteiger partial charge is 0.379 e. The van der Waals surface area contributed by atoms with Crippen molar-refractivity contribution in [3.05, 3.63) is 24.3 Å². The number of allylic oxidation sites excluding steroid dienone is 4. The van der Waals surface area contributed by atoms with Gasteiger partial charge in [0.25, 0.3) is 0 Å². The van der Waals surface area contributed by atoms with Crippen LogP contribution >= 0.6 is 0 Å². The maximum absolute atomic E-state index is 6.11. The predicted molar refractivity (Wildman–Crippen MR) is 194 cm³/mol. The molecule has 0 fully saturated rings. The molecule has 0 bridgehead atoms. The molecule has 1 unspecified atom stereocenters. The topological polar surface area (TPSA) is 18.5 Å². The summed E-state index contributed by atoms with van der Waals surface area (Å²) < 4.78 is 12.1. The molecule has 0 aliphatic carbocycles. The van der Waals surface area contributed by atoms with Crippen LogP contribution in [0.3, 0.4) is 0 Å². The van der Waals surface area contributed by atoms with Gasteiger partial charge in [0.05, 0.1) is 12.7 Å². The van der Waals surface area contributed by atoms with Crippen molar-refractivity contribution in [3.63, 3.8) is 0 Å². The quantitative estimate of drug-likeness (QED) is 0.0518. The van der Waals surface area contributed by atoms with E-state index in [2.05, 4.69) is 45.1 Å². The molecule has 0 spiro atoms. The van der Waals surface area contributed by atoms with Crippen molar-refractivity contribution in [2.45, 2.75) is 219 Å². The zero-order valence-corrected chi connectivity index (χ0v) is 30.0. The summed E-state index contributed by atoms with van der Waals surface area (Å²) in [4.78, 5) is 0. The molecule has 0 aliphatic rings. The molecule has 0 aliphatic heterocycles. The Balaban J connectivity index is 3.31. The Bertz CT molecular complexity index is 540. The van der Waals surface area contributed by atoms with Gasteiger partial charge >= 0.3 is 0 Å². The van der Waals surface area contributed by atoms with Crippen LogP contribution in [0.5, 0.6) is 0 Å². The first kappa shape index (κ1) is 42.4. The van der Waals surface area contributed by atoms with E-state index in [0.717, 1.165) is 26.2 Å². The van der Waals surface area contributed by atoms with E-state index in [1.54, 1.807) is 0 Å². The lowest BCUT2D eigenvalue weighted by molar-refractivity contribution is -0.0200. The number of hydrogen-bond acceptors (Lipinski definition) is 2. The summed E-state index contributed by atoms with van der Waals surface area (Å²) in [5, 5.41) is 0. The van der Waals surface area contributed by atoms with Gasteiger partial charge in [0.2, 0.25) is 0 Å². The Morgan fingerprint density at radius 1 is 0.372 bits per heavy atom. The smallest absolute Gasteiger partial charge is 0.0805 e. The zero-order chi connectivity index (χ0) is 31.2. The average Bonchev–Trinajstić information content (AvgIpc) is 3.02. The van der Waals surface area contributed by atoms with Crippen LogP contribution in [0, 0.1) is 0 Å². The second kappa shape index (κ2) is 39.4. The third-order valence-corrected chi connectivity index (χ3v) is 8.82.